The minimum atomic E-state index is -4.48. The Morgan fingerprint density at radius 2 is 1.89 bits per heavy atom. The van der Waals surface area contributed by atoms with Crippen molar-refractivity contribution in [3.05, 3.63) is 69.7 Å². The average Bonchev–Trinajstić information content (AvgIpc) is 2.64. The fraction of sp³-hybridized carbons (Fsp3) is 0.350. The number of alkyl halides is 3. The maximum Gasteiger partial charge on any atom is 0.410 e. The summed E-state index contributed by atoms with van der Waals surface area (Å²) in [4.78, 5) is 13.3. The lowest BCUT2D eigenvalue weighted by Gasteiger charge is -2.35. The smallest absolute Gasteiger partial charge is 0.410 e. The van der Waals surface area contributed by atoms with Crippen molar-refractivity contribution in [1.29, 1.82) is 0 Å². The van der Waals surface area contributed by atoms with Crippen molar-refractivity contribution in [2.24, 2.45) is 0 Å². The van der Waals surface area contributed by atoms with E-state index in [1.54, 1.807) is 24.3 Å². The summed E-state index contributed by atoms with van der Waals surface area (Å²) in [6.45, 7) is -1.36. The van der Waals surface area contributed by atoms with Gasteiger partial charge in [-0.2, -0.15) is 13.2 Å². The molecule has 1 aliphatic carbocycles. The van der Waals surface area contributed by atoms with Gasteiger partial charge in [-0.15, -0.1) is 0 Å². The van der Waals surface area contributed by atoms with E-state index in [1.807, 2.05) is 24.3 Å². The third kappa shape index (κ3) is 5.48. The second-order valence-corrected chi connectivity index (χ2v) is 7.51. The van der Waals surface area contributed by atoms with Gasteiger partial charge in [0, 0.05) is 10.5 Å². The first-order valence-corrected chi connectivity index (χ1v) is 9.42. The second-order valence-electron chi connectivity index (χ2n) is 6.59. The highest BCUT2D eigenvalue weighted by Crippen LogP contribution is 2.29. The van der Waals surface area contributed by atoms with Crippen LogP contribution in [-0.4, -0.2) is 29.8 Å². The maximum atomic E-state index is 13.1. The third-order valence-electron chi connectivity index (χ3n) is 4.60. The Balaban J connectivity index is 1.73. The summed E-state index contributed by atoms with van der Waals surface area (Å²) in [5, 5.41) is 0. The molecule has 0 N–H and O–H groups in total. The van der Waals surface area contributed by atoms with Crippen LogP contribution in [0.25, 0.3) is 0 Å². The summed E-state index contributed by atoms with van der Waals surface area (Å²) in [5.74, 6) is 0. The molecule has 0 aliphatic heterocycles. The van der Waals surface area contributed by atoms with Crippen LogP contribution in [0.5, 0.6) is 0 Å². The molecular formula is C20H19BrF3NO2. The van der Waals surface area contributed by atoms with Crippen molar-refractivity contribution in [2.75, 3.05) is 6.54 Å². The number of ether oxygens (including phenoxy) is 1. The van der Waals surface area contributed by atoms with Crippen LogP contribution >= 0.6 is 15.9 Å². The molecule has 0 bridgehead atoms. The molecule has 3 nitrogen and oxygen atoms in total. The number of carbonyl (C=O) groups is 1. The lowest BCUT2D eigenvalue weighted by molar-refractivity contribution is -0.147. The van der Waals surface area contributed by atoms with Gasteiger partial charge in [-0.1, -0.05) is 52.3 Å². The quantitative estimate of drug-likeness (QED) is 0.625. The highest BCUT2D eigenvalue weighted by molar-refractivity contribution is 9.10. The molecule has 0 aromatic heterocycles. The molecule has 7 heteroatoms. The molecule has 0 saturated heterocycles. The summed E-state index contributed by atoms with van der Waals surface area (Å²) in [7, 11) is 0. The van der Waals surface area contributed by atoms with E-state index in [4.69, 9.17) is 4.74 Å². The van der Waals surface area contributed by atoms with Gasteiger partial charge in [-0.25, -0.2) is 4.79 Å². The molecule has 0 saturated carbocycles. The number of amides is 1. The van der Waals surface area contributed by atoms with Crippen molar-refractivity contribution >= 4 is 22.0 Å². The molecule has 2 aromatic carbocycles. The molecule has 27 heavy (non-hydrogen) atoms. The minimum absolute atomic E-state index is 0.0513. The lowest BCUT2D eigenvalue weighted by atomic mass is 9.87. The zero-order valence-electron chi connectivity index (χ0n) is 14.5. The van der Waals surface area contributed by atoms with Crippen LogP contribution in [0.1, 0.15) is 23.1 Å². The van der Waals surface area contributed by atoms with E-state index in [2.05, 4.69) is 15.9 Å². The Morgan fingerprint density at radius 1 is 1.15 bits per heavy atom. The normalized spacial score (nSPS) is 16.5. The van der Waals surface area contributed by atoms with E-state index in [9.17, 15) is 18.0 Å². The molecule has 1 unspecified atom stereocenters. The van der Waals surface area contributed by atoms with Crippen LogP contribution in [-0.2, 0) is 24.2 Å². The predicted molar refractivity (Wildman–Crippen MR) is 99.3 cm³/mol. The van der Waals surface area contributed by atoms with Crippen LogP contribution in [0, 0.1) is 0 Å². The zero-order chi connectivity index (χ0) is 19.4. The largest absolute Gasteiger partial charge is 0.445 e. The number of nitrogens with zero attached hydrogens (tertiary/aromatic N) is 1. The number of aryl methyl sites for hydroxylation is 1. The number of rotatable bonds is 4. The van der Waals surface area contributed by atoms with Gasteiger partial charge in [0.2, 0.25) is 0 Å². The molecular weight excluding hydrogens is 423 g/mol. The van der Waals surface area contributed by atoms with Gasteiger partial charge in [0.25, 0.3) is 0 Å². The number of benzene rings is 2. The summed E-state index contributed by atoms with van der Waals surface area (Å²) >= 11 is 3.41. The van der Waals surface area contributed by atoms with Gasteiger partial charge in [0.05, 0.1) is 0 Å². The first kappa shape index (κ1) is 19.7. The van der Waals surface area contributed by atoms with Crippen molar-refractivity contribution in [2.45, 2.75) is 38.1 Å². The topological polar surface area (TPSA) is 29.5 Å². The Labute approximate surface area is 164 Å². The van der Waals surface area contributed by atoms with E-state index >= 15 is 0 Å². The second kappa shape index (κ2) is 8.33. The lowest BCUT2D eigenvalue weighted by Crippen LogP contribution is -2.48. The first-order valence-electron chi connectivity index (χ1n) is 8.63. The maximum absolute atomic E-state index is 13.1. The Bertz CT molecular complexity index is 796. The van der Waals surface area contributed by atoms with E-state index in [1.165, 1.54) is 0 Å². The van der Waals surface area contributed by atoms with Gasteiger partial charge in [-0.05, 0) is 48.1 Å². The molecule has 144 valence electrons. The van der Waals surface area contributed by atoms with Gasteiger partial charge in [-0.3, -0.25) is 4.90 Å². The van der Waals surface area contributed by atoms with E-state index in [0.717, 1.165) is 26.1 Å². The Kier molecular flexibility index (Phi) is 6.09. The molecule has 0 spiro atoms. The summed E-state index contributed by atoms with van der Waals surface area (Å²) in [6, 6.07) is 14.1. The van der Waals surface area contributed by atoms with Gasteiger partial charge < -0.3 is 4.74 Å². The van der Waals surface area contributed by atoms with Crippen LogP contribution in [0.15, 0.2) is 53.0 Å². The fourth-order valence-corrected chi connectivity index (χ4v) is 3.72. The molecule has 1 amide bonds. The van der Waals surface area contributed by atoms with Gasteiger partial charge in [0.15, 0.2) is 0 Å². The number of hydrogen-bond acceptors (Lipinski definition) is 2. The number of fused-ring (bicyclic) bond motifs is 1. The number of hydrogen-bond donors (Lipinski definition) is 0. The van der Waals surface area contributed by atoms with Crippen molar-refractivity contribution in [1.82, 2.24) is 4.90 Å². The number of halogens is 4. The monoisotopic (exact) mass is 441 g/mol. The van der Waals surface area contributed by atoms with Crippen LogP contribution in [0.2, 0.25) is 0 Å². The summed E-state index contributed by atoms with van der Waals surface area (Å²) < 4.78 is 45.3. The Morgan fingerprint density at radius 3 is 2.59 bits per heavy atom. The van der Waals surface area contributed by atoms with Crippen LogP contribution < -0.4 is 0 Å². The van der Waals surface area contributed by atoms with Crippen molar-refractivity contribution in [3.8, 4) is 0 Å². The average molecular weight is 442 g/mol. The molecule has 0 fully saturated rings. The van der Waals surface area contributed by atoms with E-state index in [0.29, 0.717) is 19.3 Å². The summed E-state index contributed by atoms with van der Waals surface area (Å²) in [5.41, 5.74) is 2.80. The van der Waals surface area contributed by atoms with E-state index in [-0.39, 0.29) is 6.61 Å². The van der Waals surface area contributed by atoms with Crippen molar-refractivity contribution in [3.63, 3.8) is 0 Å². The molecule has 0 heterocycles. The predicted octanol–water partition coefficient (Wildman–Crippen LogP) is 5.51. The minimum Gasteiger partial charge on any atom is -0.445 e. The van der Waals surface area contributed by atoms with Gasteiger partial charge in [0.1, 0.15) is 13.2 Å². The van der Waals surface area contributed by atoms with Gasteiger partial charge >= 0.3 is 12.3 Å². The molecule has 3 rings (SSSR count). The highest BCUT2D eigenvalue weighted by atomic mass is 79.9. The highest BCUT2D eigenvalue weighted by Gasteiger charge is 2.38. The molecule has 1 aliphatic rings. The fourth-order valence-electron chi connectivity index (χ4n) is 3.31. The number of carbonyl (C=O) groups excluding carboxylic acids is 1. The molecule has 1 atom stereocenters. The van der Waals surface area contributed by atoms with E-state index < -0.39 is 24.9 Å². The standard InChI is InChI=1S/C20H19BrF3NO2/c21-17-8-6-16-11-18(9-7-15(16)10-17)25(13-20(22,23)24)19(26)27-12-14-4-2-1-3-5-14/h1-6,8,10,18H,7,9,11-13H2. The molecule has 0 radical (unpaired) electrons. The molecule has 2 aromatic rings. The zero-order valence-corrected chi connectivity index (χ0v) is 16.1. The van der Waals surface area contributed by atoms with Crippen molar-refractivity contribution < 1.29 is 22.7 Å². The summed E-state index contributed by atoms with van der Waals surface area (Å²) in [6.07, 6.45) is -3.92. The third-order valence-corrected chi connectivity index (χ3v) is 5.09. The van der Waals surface area contributed by atoms with Crippen LogP contribution in [0.4, 0.5) is 18.0 Å². The SMILES string of the molecule is O=C(OCc1ccccc1)N(CC(F)(F)F)C1CCc2cc(Br)ccc2C1. The van der Waals surface area contributed by atoms with Crippen LogP contribution in [0.3, 0.4) is 0 Å². The Hall–Kier alpha value is -2.02. The first-order chi connectivity index (χ1) is 12.8.